The molecule has 81 heavy (non-hydrogen) atoms. The summed E-state index contributed by atoms with van der Waals surface area (Å²) in [6.45, 7) is 1.84. The third-order valence-corrected chi connectivity index (χ3v) is 15.4. The van der Waals surface area contributed by atoms with Crippen LogP contribution in [0.1, 0.15) is 51.6 Å². The van der Waals surface area contributed by atoms with E-state index < -0.39 is 71.0 Å². The Kier molecular flexibility index (Phi) is 14.2. The first-order chi connectivity index (χ1) is 39.6. The number of nitrogens with one attached hydrogen (secondary N) is 1. The average molecular weight is 1090 g/mol. The number of aliphatic hydroxyl groups excluding tert-OH is 1. The van der Waals surface area contributed by atoms with Crippen LogP contribution in [0.5, 0.6) is 5.75 Å². The number of aliphatic hydroxyl groups is 1. The van der Waals surface area contributed by atoms with Gasteiger partial charge in [-0.3, -0.25) is 29.4 Å². The van der Waals surface area contributed by atoms with E-state index in [4.69, 9.17) is 18.9 Å². The first-order valence-electron chi connectivity index (χ1n) is 26.4. The third kappa shape index (κ3) is 9.64. The number of morpholine rings is 2. The first kappa shape index (κ1) is 52.0. The number of imide groups is 1. The van der Waals surface area contributed by atoms with Gasteiger partial charge in [-0.2, -0.15) is 0 Å². The molecule has 3 amide bonds. The summed E-state index contributed by atoms with van der Waals surface area (Å²) < 4.78 is 25.9. The highest BCUT2D eigenvalue weighted by Crippen LogP contribution is 2.66. The molecule has 1 spiro atoms. The van der Waals surface area contributed by atoms with E-state index in [1.807, 2.05) is 102 Å². The fraction of sp³-hybridized carbons (Fsp3) is 0.226. The van der Waals surface area contributed by atoms with Gasteiger partial charge in [-0.05, 0) is 107 Å². The number of ether oxygens (including phenoxy) is 4. The van der Waals surface area contributed by atoms with Gasteiger partial charge in [-0.25, -0.2) is 14.4 Å². The van der Waals surface area contributed by atoms with Gasteiger partial charge in [-0.1, -0.05) is 102 Å². The number of aromatic nitrogens is 3. The molecule has 0 aliphatic carbocycles. The van der Waals surface area contributed by atoms with Crippen LogP contribution in [0.2, 0.25) is 0 Å². The molecule has 3 saturated heterocycles. The Bertz CT molecular complexity index is 3750. The second-order valence-corrected chi connectivity index (χ2v) is 19.9. The van der Waals surface area contributed by atoms with Crippen LogP contribution in [-0.4, -0.2) is 99.4 Å². The average Bonchev–Trinajstić information content (AvgIpc) is 3.68. The largest absolute Gasteiger partial charge is 0.491 e. The van der Waals surface area contributed by atoms with Crippen molar-refractivity contribution in [3.05, 3.63) is 219 Å². The summed E-state index contributed by atoms with van der Waals surface area (Å²) in [5.41, 5.74) is 3.19. The van der Waals surface area contributed by atoms with E-state index in [-0.39, 0.29) is 36.7 Å². The predicted octanol–water partition coefficient (Wildman–Crippen LogP) is 8.24. The van der Waals surface area contributed by atoms with Gasteiger partial charge in [0.25, 0.3) is 5.69 Å². The lowest BCUT2D eigenvalue weighted by molar-refractivity contribution is -0.384. The summed E-state index contributed by atoms with van der Waals surface area (Å²) in [5, 5.41) is 33.2. The molecule has 5 heterocycles. The van der Waals surface area contributed by atoms with Crippen molar-refractivity contribution in [1.29, 1.82) is 0 Å². The molecule has 4 aliphatic rings. The number of nitrogens with zero attached hydrogens (tertiary/aromatic N) is 7. The first-order valence-corrected chi connectivity index (χ1v) is 26.4. The van der Waals surface area contributed by atoms with Gasteiger partial charge in [0.05, 0.1) is 53.9 Å². The molecule has 12 rings (SSSR count). The summed E-state index contributed by atoms with van der Waals surface area (Å²) in [7, 11) is 0. The quantitative estimate of drug-likeness (QED) is 0.0480. The standard InChI is InChI=1S/C62H52N8O11/c71-33-36-79-48-17-9-16-44(38-48)57-62(49-37-40(11-10-30-67-52-19-8-7-18-50(52)64-65-67)22-29-51(49)68(60(62)74)61(75)80-39-41-20-25-47(26-21-41)70(76)77)53(58(72)63-45-23-27-46(28-24-45)66-31-34-78-35-32-66)55-59(73)81-56(43-14-5-2-6-15-43)54(69(55)57)42-12-3-1-4-13-42/h1-9,12-29,37-38,53-57,71H,30-36,39H2,(H,63,72). The summed E-state index contributed by atoms with van der Waals surface area (Å²) in [6.07, 6.45) is -2.11. The SMILES string of the molecule is O=C1OC(c2ccccc2)C(c2ccccc2)N2C1C(C(=O)Nc1ccc(N3CCOCC3)cc1)C1(C(=O)N(C(=O)OCc3ccc([N+](=O)[O-])cc3)c3ccc(C#CCn4nnc5ccccc54)cc31)C2c1cccc(OCCO)c1. The number of nitro benzene ring substituents is 1. The van der Waals surface area contributed by atoms with Gasteiger partial charge in [-0.15, -0.1) is 5.10 Å². The number of hydrogen-bond acceptors (Lipinski definition) is 15. The number of non-ortho nitro benzene ring substituents is 1. The normalized spacial score (nSPS) is 21.2. The number of nitro groups is 1. The molecule has 4 aliphatic heterocycles. The number of amides is 3. The van der Waals surface area contributed by atoms with Crippen molar-refractivity contribution in [2.75, 3.05) is 54.6 Å². The molecular weight excluding hydrogens is 1030 g/mol. The zero-order valence-electron chi connectivity index (χ0n) is 43.4. The molecule has 3 fully saturated rings. The van der Waals surface area contributed by atoms with E-state index in [9.17, 15) is 15.2 Å². The molecule has 2 N–H and O–H groups in total. The number of benzene rings is 7. The van der Waals surface area contributed by atoms with Crippen molar-refractivity contribution >= 4 is 57.7 Å². The lowest BCUT2D eigenvalue weighted by Crippen LogP contribution is -2.54. The lowest BCUT2D eigenvalue weighted by Gasteiger charge is -2.46. The summed E-state index contributed by atoms with van der Waals surface area (Å²) in [4.78, 5) is 80.0. The van der Waals surface area contributed by atoms with E-state index in [1.54, 1.807) is 59.3 Å². The number of hydrogen-bond donors (Lipinski definition) is 2. The third-order valence-electron chi connectivity index (χ3n) is 15.4. The minimum atomic E-state index is -2.20. The summed E-state index contributed by atoms with van der Waals surface area (Å²) >= 11 is 0. The van der Waals surface area contributed by atoms with Gasteiger partial charge < -0.3 is 34.3 Å². The van der Waals surface area contributed by atoms with Gasteiger partial charge >= 0.3 is 12.1 Å². The Morgan fingerprint density at radius 3 is 2.26 bits per heavy atom. The van der Waals surface area contributed by atoms with Gasteiger partial charge in [0, 0.05) is 42.2 Å². The van der Waals surface area contributed by atoms with Crippen LogP contribution in [-0.2, 0) is 47.2 Å². The highest BCUT2D eigenvalue weighted by Gasteiger charge is 2.76. The van der Waals surface area contributed by atoms with E-state index in [2.05, 4.69) is 32.4 Å². The van der Waals surface area contributed by atoms with Crippen molar-refractivity contribution in [2.24, 2.45) is 5.92 Å². The summed E-state index contributed by atoms with van der Waals surface area (Å²) in [6, 6.07) is 47.1. The zero-order chi connectivity index (χ0) is 55.6. The highest BCUT2D eigenvalue weighted by atomic mass is 16.6. The molecule has 406 valence electrons. The summed E-state index contributed by atoms with van der Waals surface area (Å²) in [5.74, 6) is 2.70. The molecule has 0 radical (unpaired) electrons. The molecule has 6 unspecified atom stereocenters. The molecule has 19 nitrogen and oxygen atoms in total. The fourth-order valence-corrected chi connectivity index (χ4v) is 11.9. The zero-order valence-corrected chi connectivity index (χ0v) is 43.4. The smallest absolute Gasteiger partial charge is 0.421 e. The molecule has 7 aromatic carbocycles. The van der Waals surface area contributed by atoms with Crippen LogP contribution >= 0.6 is 0 Å². The number of carbonyl (C=O) groups is 4. The Labute approximate surface area is 464 Å². The Balaban J connectivity index is 1.08. The van der Waals surface area contributed by atoms with Crippen molar-refractivity contribution in [3.8, 4) is 17.6 Å². The topological polar surface area (TPSA) is 221 Å². The van der Waals surface area contributed by atoms with Crippen LogP contribution < -0.4 is 19.9 Å². The molecule has 0 bridgehead atoms. The van der Waals surface area contributed by atoms with Crippen LogP contribution in [0, 0.1) is 27.9 Å². The maximum Gasteiger partial charge on any atom is 0.421 e. The van der Waals surface area contributed by atoms with Crippen molar-refractivity contribution in [1.82, 2.24) is 19.9 Å². The van der Waals surface area contributed by atoms with Crippen molar-refractivity contribution < 1.29 is 48.2 Å². The second-order valence-electron chi connectivity index (χ2n) is 19.9. The molecule has 0 saturated carbocycles. The molecule has 8 aromatic rings. The predicted molar refractivity (Wildman–Crippen MR) is 297 cm³/mol. The number of carbonyl (C=O) groups excluding carboxylic acids is 4. The number of anilines is 3. The van der Waals surface area contributed by atoms with Crippen molar-refractivity contribution in [3.63, 3.8) is 0 Å². The monoisotopic (exact) mass is 1080 g/mol. The number of rotatable bonds is 13. The minimum absolute atomic E-state index is 0.0657. The number of fused-ring (bicyclic) bond motifs is 4. The highest BCUT2D eigenvalue weighted by molar-refractivity contribution is 6.24. The number of cyclic esters (lactones) is 1. The maximum atomic E-state index is 16.9. The molecule has 19 heteroatoms. The Morgan fingerprint density at radius 2 is 1.52 bits per heavy atom. The molecule has 1 aromatic heterocycles. The second kappa shape index (κ2) is 22.2. The van der Waals surface area contributed by atoms with E-state index in [1.165, 1.54) is 24.3 Å². The number of esters is 1. The Hall–Kier alpha value is -9.74. The van der Waals surface area contributed by atoms with Crippen LogP contribution in [0.15, 0.2) is 176 Å². The van der Waals surface area contributed by atoms with E-state index >= 15 is 19.2 Å². The Morgan fingerprint density at radius 1 is 0.802 bits per heavy atom. The lowest BCUT2D eigenvalue weighted by atomic mass is 9.65. The van der Waals surface area contributed by atoms with Crippen LogP contribution in [0.4, 0.5) is 27.5 Å². The number of para-hydroxylation sites is 1. The van der Waals surface area contributed by atoms with Gasteiger partial charge in [0.15, 0.2) is 0 Å². The molecule has 6 atom stereocenters. The van der Waals surface area contributed by atoms with Crippen LogP contribution in [0.25, 0.3) is 11.0 Å². The van der Waals surface area contributed by atoms with E-state index in [0.29, 0.717) is 71.1 Å². The minimum Gasteiger partial charge on any atom is -0.491 e. The maximum absolute atomic E-state index is 16.9. The van der Waals surface area contributed by atoms with Gasteiger partial charge in [0.1, 0.15) is 48.6 Å². The van der Waals surface area contributed by atoms with Gasteiger partial charge in [0.2, 0.25) is 11.8 Å². The van der Waals surface area contributed by atoms with Crippen LogP contribution in [0.3, 0.4) is 0 Å². The van der Waals surface area contributed by atoms with Crippen molar-refractivity contribution in [2.45, 2.75) is 42.8 Å². The van der Waals surface area contributed by atoms with E-state index in [0.717, 1.165) is 16.1 Å². The molecular formula is C62H52N8O11. The fourth-order valence-electron chi connectivity index (χ4n) is 11.9.